The highest BCUT2D eigenvalue weighted by atomic mass is 14.5. The second kappa shape index (κ2) is 12.0. The third-order valence-electron chi connectivity index (χ3n) is 7.09. The van der Waals surface area contributed by atoms with Gasteiger partial charge in [-0.15, -0.1) is 0 Å². The van der Waals surface area contributed by atoms with Crippen molar-refractivity contribution < 1.29 is 0 Å². The third kappa shape index (κ3) is 4.47. The lowest BCUT2D eigenvalue weighted by atomic mass is 9.66. The summed E-state index contributed by atoms with van der Waals surface area (Å²) < 4.78 is 0. The molecule has 0 saturated heterocycles. The Morgan fingerprint density at radius 2 is 0.971 bits per heavy atom. The van der Waals surface area contributed by atoms with Gasteiger partial charge in [0.1, 0.15) is 0 Å². The van der Waals surface area contributed by atoms with Crippen LogP contribution in [0.25, 0.3) is 11.1 Å². The SMILES string of the molecule is CC.CC.CCc1ccc2c(c1)-c1cc(CC)ccc1C2(c1ccccc1)c1ccccc1CC. The van der Waals surface area contributed by atoms with Crippen LogP contribution in [0.5, 0.6) is 0 Å². The third-order valence-corrected chi connectivity index (χ3v) is 7.09. The molecule has 1 aliphatic carbocycles. The zero-order valence-corrected chi connectivity index (χ0v) is 22.8. The molecular weight excluding hydrogens is 420 g/mol. The van der Waals surface area contributed by atoms with Crippen LogP contribution < -0.4 is 0 Å². The predicted octanol–water partition coefficient (Wildman–Crippen LogP) is 9.79. The molecule has 35 heavy (non-hydrogen) atoms. The number of hydrogen-bond acceptors (Lipinski definition) is 0. The van der Waals surface area contributed by atoms with Gasteiger partial charge in [-0.05, 0) is 69.3 Å². The van der Waals surface area contributed by atoms with Crippen LogP contribution in [0, 0.1) is 0 Å². The number of aryl methyl sites for hydroxylation is 3. The summed E-state index contributed by atoms with van der Waals surface area (Å²) >= 11 is 0. The highest BCUT2D eigenvalue weighted by Gasteiger charge is 2.46. The van der Waals surface area contributed by atoms with E-state index in [4.69, 9.17) is 0 Å². The van der Waals surface area contributed by atoms with Crippen LogP contribution in [0.2, 0.25) is 0 Å². The van der Waals surface area contributed by atoms with Gasteiger partial charge in [0.05, 0.1) is 5.41 Å². The summed E-state index contributed by atoms with van der Waals surface area (Å²) in [4.78, 5) is 0. The van der Waals surface area contributed by atoms with Crippen LogP contribution >= 0.6 is 0 Å². The number of rotatable bonds is 5. The lowest BCUT2D eigenvalue weighted by Crippen LogP contribution is -2.30. The van der Waals surface area contributed by atoms with Gasteiger partial charge in [-0.2, -0.15) is 0 Å². The minimum Gasteiger partial charge on any atom is -0.0683 e. The van der Waals surface area contributed by atoms with Gasteiger partial charge in [0, 0.05) is 0 Å². The van der Waals surface area contributed by atoms with Crippen molar-refractivity contribution in [3.8, 4) is 11.1 Å². The summed E-state index contributed by atoms with van der Waals surface area (Å²) in [7, 11) is 0. The molecule has 0 radical (unpaired) electrons. The second-order valence-corrected chi connectivity index (χ2v) is 8.59. The van der Waals surface area contributed by atoms with E-state index in [1.54, 1.807) is 0 Å². The highest BCUT2D eigenvalue weighted by molar-refractivity contribution is 5.87. The molecule has 0 heteroatoms. The molecular formula is C35H42. The molecule has 0 atom stereocenters. The summed E-state index contributed by atoms with van der Waals surface area (Å²) in [5.41, 5.74) is 12.3. The van der Waals surface area contributed by atoms with Crippen molar-refractivity contribution in [3.63, 3.8) is 0 Å². The van der Waals surface area contributed by atoms with E-state index in [1.165, 1.54) is 50.1 Å². The molecule has 0 nitrogen and oxygen atoms in total. The molecule has 0 bridgehead atoms. The smallest absolute Gasteiger partial charge is 0.0683 e. The van der Waals surface area contributed by atoms with Gasteiger partial charge in [-0.3, -0.25) is 0 Å². The Hall–Kier alpha value is -3.12. The summed E-state index contributed by atoms with van der Waals surface area (Å²) in [5, 5.41) is 0. The molecule has 0 saturated carbocycles. The molecule has 0 heterocycles. The molecule has 4 aromatic carbocycles. The standard InChI is InChI=1S/C31H30.2C2H6/c1-4-22-16-18-29-26(20-22)27-21-23(5-2)17-19-30(27)31(29,25-13-8-7-9-14-25)28-15-11-10-12-24(28)6-3;2*1-2/h7-21H,4-6H2,1-3H3;2*1-2H3. The molecule has 0 aromatic heterocycles. The predicted molar refractivity (Wildman–Crippen MR) is 155 cm³/mol. The first-order valence-corrected chi connectivity index (χ1v) is 13.6. The van der Waals surface area contributed by atoms with Crippen LogP contribution in [0.4, 0.5) is 0 Å². The van der Waals surface area contributed by atoms with Crippen LogP contribution in [0.3, 0.4) is 0 Å². The van der Waals surface area contributed by atoms with Crippen molar-refractivity contribution in [2.45, 2.75) is 73.1 Å². The molecule has 0 spiro atoms. The number of hydrogen-bond donors (Lipinski definition) is 0. The van der Waals surface area contributed by atoms with E-state index in [0.29, 0.717) is 0 Å². The summed E-state index contributed by atoms with van der Waals surface area (Å²) in [6.07, 6.45) is 3.13. The van der Waals surface area contributed by atoms with E-state index in [2.05, 4.69) is 112 Å². The van der Waals surface area contributed by atoms with E-state index in [9.17, 15) is 0 Å². The Morgan fingerprint density at radius 3 is 1.46 bits per heavy atom. The molecule has 0 amide bonds. The van der Waals surface area contributed by atoms with Crippen molar-refractivity contribution in [2.24, 2.45) is 0 Å². The minimum absolute atomic E-state index is 0.281. The first-order valence-electron chi connectivity index (χ1n) is 13.6. The highest BCUT2D eigenvalue weighted by Crippen LogP contribution is 2.57. The fraction of sp³-hybridized carbons (Fsp3) is 0.314. The Labute approximate surface area is 214 Å². The Morgan fingerprint density at radius 1 is 0.486 bits per heavy atom. The van der Waals surface area contributed by atoms with Crippen LogP contribution in [0.1, 0.15) is 87.4 Å². The first-order chi connectivity index (χ1) is 17.2. The van der Waals surface area contributed by atoms with Crippen molar-refractivity contribution in [3.05, 3.63) is 130 Å². The van der Waals surface area contributed by atoms with Crippen LogP contribution in [-0.2, 0) is 24.7 Å². The molecule has 182 valence electrons. The van der Waals surface area contributed by atoms with Gasteiger partial charge >= 0.3 is 0 Å². The summed E-state index contributed by atoms with van der Waals surface area (Å²) in [6, 6.07) is 34.5. The molecule has 0 unspecified atom stereocenters. The van der Waals surface area contributed by atoms with E-state index >= 15 is 0 Å². The molecule has 4 aromatic rings. The van der Waals surface area contributed by atoms with Crippen LogP contribution in [-0.4, -0.2) is 0 Å². The van der Waals surface area contributed by atoms with Gasteiger partial charge in [-0.1, -0.05) is 139 Å². The minimum atomic E-state index is -0.281. The Kier molecular flexibility index (Phi) is 9.10. The monoisotopic (exact) mass is 462 g/mol. The van der Waals surface area contributed by atoms with Gasteiger partial charge in [-0.25, -0.2) is 0 Å². The average molecular weight is 463 g/mol. The van der Waals surface area contributed by atoms with Crippen molar-refractivity contribution in [2.75, 3.05) is 0 Å². The number of fused-ring (bicyclic) bond motifs is 3. The quantitative estimate of drug-likeness (QED) is 0.244. The maximum Gasteiger partial charge on any atom is 0.0716 e. The van der Waals surface area contributed by atoms with E-state index in [-0.39, 0.29) is 5.41 Å². The van der Waals surface area contributed by atoms with Gasteiger partial charge in [0.25, 0.3) is 0 Å². The maximum atomic E-state index is 2.44. The zero-order valence-electron chi connectivity index (χ0n) is 22.8. The van der Waals surface area contributed by atoms with Crippen molar-refractivity contribution in [1.82, 2.24) is 0 Å². The molecule has 0 fully saturated rings. The molecule has 0 N–H and O–H groups in total. The largest absolute Gasteiger partial charge is 0.0716 e. The fourth-order valence-corrected chi connectivity index (χ4v) is 5.51. The molecule has 5 rings (SSSR count). The Bertz CT molecular complexity index is 1180. The lowest BCUT2D eigenvalue weighted by Gasteiger charge is -2.35. The van der Waals surface area contributed by atoms with E-state index < -0.39 is 0 Å². The average Bonchev–Trinajstić information content (AvgIpc) is 3.25. The van der Waals surface area contributed by atoms with Crippen molar-refractivity contribution in [1.29, 1.82) is 0 Å². The summed E-state index contributed by atoms with van der Waals surface area (Å²) in [6.45, 7) is 14.8. The lowest BCUT2D eigenvalue weighted by molar-refractivity contribution is 0.753. The number of benzene rings is 4. The Balaban J connectivity index is 0.000000815. The maximum absolute atomic E-state index is 2.44. The van der Waals surface area contributed by atoms with Gasteiger partial charge < -0.3 is 0 Å². The molecule has 0 aliphatic heterocycles. The van der Waals surface area contributed by atoms with Crippen molar-refractivity contribution >= 4 is 0 Å². The zero-order chi connectivity index (χ0) is 25.4. The van der Waals surface area contributed by atoms with Gasteiger partial charge in [0.2, 0.25) is 0 Å². The van der Waals surface area contributed by atoms with Gasteiger partial charge in [0.15, 0.2) is 0 Å². The molecule has 1 aliphatic rings. The second-order valence-electron chi connectivity index (χ2n) is 8.59. The van der Waals surface area contributed by atoms with Crippen LogP contribution in [0.15, 0.2) is 91.0 Å². The fourth-order valence-electron chi connectivity index (χ4n) is 5.51. The normalized spacial score (nSPS) is 12.4. The first kappa shape index (κ1) is 26.5. The summed E-state index contributed by atoms with van der Waals surface area (Å²) in [5.74, 6) is 0. The van der Waals surface area contributed by atoms with E-state index in [0.717, 1.165) is 19.3 Å². The van der Waals surface area contributed by atoms with E-state index in [1.807, 2.05) is 27.7 Å². The topological polar surface area (TPSA) is 0 Å².